The average molecular weight is 297 g/mol. The monoisotopic (exact) mass is 297 g/mol. The molecule has 0 bridgehead atoms. The Morgan fingerprint density at radius 3 is 2.76 bits per heavy atom. The van der Waals surface area contributed by atoms with E-state index >= 15 is 0 Å². The Morgan fingerprint density at radius 1 is 1.33 bits per heavy atom. The van der Waals surface area contributed by atoms with Gasteiger partial charge in [-0.3, -0.25) is 4.79 Å². The summed E-state index contributed by atoms with van der Waals surface area (Å²) in [5.74, 6) is 0.919. The fourth-order valence-electron chi connectivity index (χ4n) is 4.01. The van der Waals surface area contributed by atoms with Crippen molar-refractivity contribution in [2.45, 2.75) is 57.8 Å². The van der Waals surface area contributed by atoms with Crippen LogP contribution in [0.4, 0.5) is 0 Å². The number of aliphatic hydroxyl groups is 1. The van der Waals surface area contributed by atoms with E-state index in [2.05, 4.69) is 0 Å². The zero-order chi connectivity index (χ0) is 15.1. The average Bonchev–Trinajstić information content (AvgIpc) is 3.01. The minimum Gasteiger partial charge on any atom is -0.396 e. The van der Waals surface area contributed by atoms with E-state index < -0.39 is 0 Å². The van der Waals surface area contributed by atoms with Crippen LogP contribution in [-0.4, -0.2) is 49.3 Å². The van der Waals surface area contributed by atoms with Crippen LogP contribution >= 0.6 is 0 Å². The summed E-state index contributed by atoms with van der Waals surface area (Å²) in [4.78, 5) is 14.5. The van der Waals surface area contributed by atoms with Crippen molar-refractivity contribution in [1.82, 2.24) is 4.90 Å². The fourth-order valence-corrected chi connectivity index (χ4v) is 4.01. The Hall–Kier alpha value is -0.610. The zero-order valence-electron chi connectivity index (χ0n) is 13.5. The molecule has 4 heteroatoms. The summed E-state index contributed by atoms with van der Waals surface area (Å²) >= 11 is 0. The number of carbonyl (C=O) groups is 1. The number of likely N-dealkylation sites (tertiary alicyclic amines) is 1. The van der Waals surface area contributed by atoms with Crippen LogP contribution < -0.4 is 0 Å². The van der Waals surface area contributed by atoms with Crippen molar-refractivity contribution in [3.8, 4) is 0 Å². The summed E-state index contributed by atoms with van der Waals surface area (Å²) in [5, 5.41) is 9.85. The Balaban J connectivity index is 1.86. The molecule has 1 aliphatic carbocycles. The third-order valence-corrected chi connectivity index (χ3v) is 5.34. The third-order valence-electron chi connectivity index (χ3n) is 5.34. The molecule has 1 N–H and O–H groups in total. The lowest BCUT2D eigenvalue weighted by atomic mass is 9.76. The first-order valence-electron chi connectivity index (χ1n) is 8.57. The molecule has 2 rings (SSSR count). The van der Waals surface area contributed by atoms with Crippen LogP contribution in [0.15, 0.2) is 0 Å². The van der Waals surface area contributed by atoms with Gasteiger partial charge in [0.2, 0.25) is 5.91 Å². The molecule has 0 unspecified atom stereocenters. The molecule has 0 radical (unpaired) electrons. The minimum absolute atomic E-state index is 0.0951. The number of hydrogen-bond donors (Lipinski definition) is 1. The predicted molar refractivity (Wildman–Crippen MR) is 83.0 cm³/mol. The second-order valence-electron chi connectivity index (χ2n) is 7.03. The summed E-state index contributed by atoms with van der Waals surface area (Å²) < 4.78 is 5.12. The summed E-state index contributed by atoms with van der Waals surface area (Å²) in [7, 11) is 1.71. The lowest BCUT2D eigenvalue weighted by molar-refractivity contribution is -0.136. The van der Waals surface area contributed by atoms with Gasteiger partial charge in [-0.25, -0.2) is 0 Å². The molecule has 2 aliphatic rings. The summed E-state index contributed by atoms with van der Waals surface area (Å²) in [6.07, 6.45) is 9.69. The van der Waals surface area contributed by atoms with E-state index in [0.29, 0.717) is 11.8 Å². The molecule has 0 aromatic rings. The first kappa shape index (κ1) is 16.8. The molecular weight excluding hydrogens is 266 g/mol. The van der Waals surface area contributed by atoms with E-state index in [4.69, 9.17) is 4.74 Å². The molecule has 1 amide bonds. The van der Waals surface area contributed by atoms with Gasteiger partial charge in [0.05, 0.1) is 6.61 Å². The van der Waals surface area contributed by atoms with Crippen LogP contribution in [0.25, 0.3) is 0 Å². The van der Waals surface area contributed by atoms with Crippen LogP contribution in [0.3, 0.4) is 0 Å². The number of rotatable bonds is 7. The Labute approximate surface area is 128 Å². The minimum atomic E-state index is -0.0951. The normalized spacial score (nSPS) is 27.2. The van der Waals surface area contributed by atoms with Gasteiger partial charge in [0.1, 0.15) is 0 Å². The van der Waals surface area contributed by atoms with Gasteiger partial charge in [-0.1, -0.05) is 12.8 Å². The second kappa shape index (κ2) is 8.14. The highest BCUT2D eigenvalue weighted by molar-refractivity contribution is 5.76. The SMILES string of the molecule is COCCC[C@]1(CO)CCCN(C(=O)CC2CCCC2)C1. The van der Waals surface area contributed by atoms with E-state index in [-0.39, 0.29) is 12.0 Å². The summed E-state index contributed by atoms with van der Waals surface area (Å²) in [6.45, 7) is 2.53. The lowest BCUT2D eigenvalue weighted by Crippen LogP contribution is -2.48. The molecule has 0 aromatic carbocycles. The topological polar surface area (TPSA) is 49.8 Å². The van der Waals surface area contributed by atoms with E-state index in [9.17, 15) is 9.90 Å². The lowest BCUT2D eigenvalue weighted by Gasteiger charge is -2.42. The van der Waals surface area contributed by atoms with Crippen molar-refractivity contribution in [3.63, 3.8) is 0 Å². The van der Waals surface area contributed by atoms with Crippen molar-refractivity contribution < 1.29 is 14.6 Å². The van der Waals surface area contributed by atoms with Gasteiger partial charge in [0.25, 0.3) is 0 Å². The number of piperidine rings is 1. The Kier molecular flexibility index (Phi) is 6.49. The van der Waals surface area contributed by atoms with E-state index in [1.54, 1.807) is 7.11 Å². The van der Waals surface area contributed by atoms with E-state index in [1.807, 2.05) is 4.90 Å². The molecule has 0 aromatic heterocycles. The number of hydrogen-bond acceptors (Lipinski definition) is 3. The molecule has 21 heavy (non-hydrogen) atoms. The highest BCUT2D eigenvalue weighted by Crippen LogP contribution is 2.35. The highest BCUT2D eigenvalue weighted by Gasteiger charge is 2.36. The fraction of sp³-hybridized carbons (Fsp3) is 0.941. The maximum atomic E-state index is 12.5. The predicted octanol–water partition coefficient (Wildman–Crippen LogP) is 2.59. The van der Waals surface area contributed by atoms with Crippen LogP contribution in [0.1, 0.15) is 57.8 Å². The number of aliphatic hydroxyl groups excluding tert-OH is 1. The standard InChI is InChI=1S/C17H31NO3/c1-21-11-5-9-17(14-19)8-4-10-18(13-17)16(20)12-15-6-2-3-7-15/h15,19H,2-14H2,1H3/t17-/m1/s1. The van der Waals surface area contributed by atoms with E-state index in [1.165, 1.54) is 25.7 Å². The van der Waals surface area contributed by atoms with Gasteiger partial charge in [0, 0.05) is 38.6 Å². The van der Waals surface area contributed by atoms with Gasteiger partial charge in [0.15, 0.2) is 0 Å². The first-order valence-corrected chi connectivity index (χ1v) is 8.57. The van der Waals surface area contributed by atoms with Gasteiger partial charge in [-0.05, 0) is 44.4 Å². The molecule has 4 nitrogen and oxygen atoms in total. The van der Waals surface area contributed by atoms with Crippen molar-refractivity contribution in [2.24, 2.45) is 11.3 Å². The van der Waals surface area contributed by atoms with Crippen molar-refractivity contribution in [1.29, 1.82) is 0 Å². The van der Waals surface area contributed by atoms with Crippen molar-refractivity contribution in [2.75, 3.05) is 33.4 Å². The van der Waals surface area contributed by atoms with Crippen LogP contribution in [0.2, 0.25) is 0 Å². The van der Waals surface area contributed by atoms with Crippen LogP contribution in [-0.2, 0) is 9.53 Å². The molecule has 122 valence electrons. The van der Waals surface area contributed by atoms with Crippen molar-refractivity contribution >= 4 is 5.91 Å². The maximum Gasteiger partial charge on any atom is 0.222 e. The van der Waals surface area contributed by atoms with Gasteiger partial charge < -0.3 is 14.7 Å². The number of carbonyl (C=O) groups excluding carboxylic acids is 1. The van der Waals surface area contributed by atoms with E-state index in [0.717, 1.165) is 51.8 Å². The van der Waals surface area contributed by atoms with Gasteiger partial charge >= 0.3 is 0 Å². The summed E-state index contributed by atoms with van der Waals surface area (Å²) in [5.41, 5.74) is -0.0951. The molecule has 0 spiro atoms. The number of methoxy groups -OCH3 is 1. The van der Waals surface area contributed by atoms with Crippen LogP contribution in [0, 0.1) is 11.3 Å². The largest absolute Gasteiger partial charge is 0.396 e. The number of nitrogens with zero attached hydrogens (tertiary/aromatic N) is 1. The highest BCUT2D eigenvalue weighted by atomic mass is 16.5. The smallest absolute Gasteiger partial charge is 0.222 e. The second-order valence-corrected chi connectivity index (χ2v) is 7.03. The Morgan fingerprint density at radius 2 is 2.10 bits per heavy atom. The zero-order valence-corrected chi connectivity index (χ0v) is 13.5. The molecule has 1 atom stereocenters. The Bertz CT molecular complexity index is 328. The van der Waals surface area contributed by atoms with Gasteiger partial charge in [-0.15, -0.1) is 0 Å². The van der Waals surface area contributed by atoms with Crippen LogP contribution in [0.5, 0.6) is 0 Å². The molecule has 1 saturated carbocycles. The third kappa shape index (κ3) is 4.68. The number of amides is 1. The van der Waals surface area contributed by atoms with Crippen molar-refractivity contribution in [3.05, 3.63) is 0 Å². The molecule has 1 saturated heterocycles. The number of ether oxygens (including phenoxy) is 1. The maximum absolute atomic E-state index is 12.5. The molecule has 1 heterocycles. The first-order chi connectivity index (χ1) is 10.2. The summed E-state index contributed by atoms with van der Waals surface area (Å²) in [6, 6.07) is 0. The molecule has 2 fully saturated rings. The van der Waals surface area contributed by atoms with Gasteiger partial charge in [-0.2, -0.15) is 0 Å². The molecule has 1 aliphatic heterocycles. The molecular formula is C17H31NO3. The quantitative estimate of drug-likeness (QED) is 0.735.